The molecule has 2 atom stereocenters. The van der Waals surface area contributed by atoms with Crippen LogP contribution < -0.4 is 5.32 Å². The second-order valence-corrected chi connectivity index (χ2v) is 8.40. The lowest BCUT2D eigenvalue weighted by Gasteiger charge is -2.26. The fourth-order valence-electron chi connectivity index (χ4n) is 3.41. The van der Waals surface area contributed by atoms with Gasteiger partial charge in [0.1, 0.15) is 12.2 Å². The van der Waals surface area contributed by atoms with Gasteiger partial charge in [-0.2, -0.15) is 0 Å². The monoisotopic (exact) mass is 423 g/mol. The summed E-state index contributed by atoms with van der Waals surface area (Å²) in [5.41, 5.74) is 1.00. The highest BCUT2D eigenvalue weighted by Crippen LogP contribution is 2.25. The molecule has 1 radical (unpaired) electrons. The van der Waals surface area contributed by atoms with Gasteiger partial charge in [-0.1, -0.05) is 54.6 Å². The number of ether oxygens (including phenoxy) is 2. The highest BCUT2D eigenvalue weighted by molar-refractivity contribution is 5.97. The van der Waals surface area contributed by atoms with Gasteiger partial charge in [-0.3, -0.25) is 4.79 Å². The van der Waals surface area contributed by atoms with Crippen LogP contribution in [-0.4, -0.2) is 47.8 Å². The van der Waals surface area contributed by atoms with Gasteiger partial charge in [0.2, 0.25) is 5.91 Å². The Labute approximate surface area is 182 Å². The van der Waals surface area contributed by atoms with Gasteiger partial charge in [0, 0.05) is 6.54 Å². The number of hydrogen-bond donors (Lipinski definition) is 1. The molecule has 1 aliphatic heterocycles. The van der Waals surface area contributed by atoms with E-state index in [-0.39, 0.29) is 13.2 Å². The number of rotatable bonds is 6. The highest BCUT2D eigenvalue weighted by Gasteiger charge is 2.41. The van der Waals surface area contributed by atoms with E-state index in [1.807, 2.05) is 30.3 Å². The standard InChI is InChI=1S/C24H27N2O5/c1-24(2,3)31-22(28)25-15-20(18-12-8-5-9-13-18)21(27)26-19(16-30-23(26)29)14-17-10-6-4-7-11-17/h4,6-13,19-20H,14-16H2,1-3H3,(H,25,28)/t19-,20-/m1/s1. The van der Waals surface area contributed by atoms with Gasteiger partial charge >= 0.3 is 12.2 Å². The normalized spacial score (nSPS) is 17.1. The molecule has 0 bridgehead atoms. The van der Waals surface area contributed by atoms with Gasteiger partial charge in [0.05, 0.1) is 12.0 Å². The maximum atomic E-state index is 13.5. The van der Waals surface area contributed by atoms with Crippen molar-refractivity contribution >= 4 is 18.1 Å². The highest BCUT2D eigenvalue weighted by atomic mass is 16.6. The van der Waals surface area contributed by atoms with Crippen molar-refractivity contribution in [3.8, 4) is 0 Å². The van der Waals surface area contributed by atoms with Crippen LogP contribution in [0.25, 0.3) is 0 Å². The van der Waals surface area contributed by atoms with Crippen molar-refractivity contribution in [3.63, 3.8) is 0 Å². The smallest absolute Gasteiger partial charge is 0.417 e. The number of alkyl carbamates (subject to hydrolysis) is 1. The average Bonchev–Trinajstić information content (AvgIpc) is 3.08. The summed E-state index contributed by atoms with van der Waals surface area (Å²) in [5, 5.41) is 2.65. The molecule has 2 aromatic rings. The molecule has 1 fully saturated rings. The van der Waals surface area contributed by atoms with Crippen molar-refractivity contribution in [1.82, 2.24) is 10.2 Å². The van der Waals surface area contributed by atoms with Crippen LogP contribution in [0.15, 0.2) is 54.6 Å². The van der Waals surface area contributed by atoms with E-state index < -0.39 is 35.7 Å². The molecule has 0 unspecified atom stereocenters. The van der Waals surface area contributed by atoms with E-state index in [4.69, 9.17) is 9.47 Å². The molecule has 3 amide bonds. The minimum Gasteiger partial charge on any atom is -0.447 e. The Morgan fingerprint density at radius 1 is 1.19 bits per heavy atom. The maximum Gasteiger partial charge on any atom is 0.417 e. The summed E-state index contributed by atoms with van der Waals surface area (Å²) in [7, 11) is 0. The van der Waals surface area contributed by atoms with Gasteiger partial charge in [-0.15, -0.1) is 0 Å². The minimum absolute atomic E-state index is 0.0143. The van der Waals surface area contributed by atoms with Gasteiger partial charge in [-0.05, 0) is 44.4 Å². The number of amides is 3. The first-order valence-corrected chi connectivity index (χ1v) is 10.2. The van der Waals surface area contributed by atoms with Crippen molar-refractivity contribution < 1.29 is 23.9 Å². The number of hydrogen-bond acceptors (Lipinski definition) is 5. The first kappa shape index (κ1) is 22.3. The van der Waals surface area contributed by atoms with E-state index in [1.54, 1.807) is 45.0 Å². The molecule has 0 spiro atoms. The number of nitrogens with zero attached hydrogens (tertiary/aromatic N) is 1. The number of benzene rings is 2. The summed E-state index contributed by atoms with van der Waals surface area (Å²) in [6.45, 7) is 5.40. The fourth-order valence-corrected chi connectivity index (χ4v) is 3.41. The van der Waals surface area contributed by atoms with Crippen LogP contribution in [0.4, 0.5) is 9.59 Å². The van der Waals surface area contributed by atoms with E-state index in [9.17, 15) is 14.4 Å². The lowest BCUT2D eigenvalue weighted by molar-refractivity contribution is -0.130. The molecule has 31 heavy (non-hydrogen) atoms. The van der Waals surface area contributed by atoms with Crippen LogP contribution in [0.1, 0.15) is 37.8 Å². The zero-order valence-electron chi connectivity index (χ0n) is 18.0. The van der Waals surface area contributed by atoms with Gasteiger partial charge in [0.25, 0.3) is 0 Å². The minimum atomic E-state index is -0.772. The third kappa shape index (κ3) is 6.07. The van der Waals surface area contributed by atoms with Gasteiger partial charge < -0.3 is 14.8 Å². The molecule has 7 heteroatoms. The lowest BCUT2D eigenvalue weighted by atomic mass is 9.96. The fraction of sp³-hybridized carbons (Fsp3) is 0.375. The summed E-state index contributed by atoms with van der Waals surface area (Å²) in [4.78, 5) is 39.2. The van der Waals surface area contributed by atoms with Crippen LogP contribution in [-0.2, 0) is 20.7 Å². The van der Waals surface area contributed by atoms with E-state index in [1.165, 1.54) is 4.90 Å². The molecule has 0 aliphatic carbocycles. The van der Waals surface area contributed by atoms with Crippen LogP contribution in [0, 0.1) is 6.07 Å². The molecular formula is C24H27N2O5. The van der Waals surface area contributed by atoms with Crippen molar-refractivity contribution in [2.75, 3.05) is 13.2 Å². The van der Waals surface area contributed by atoms with Gasteiger partial charge in [-0.25, -0.2) is 14.5 Å². The summed E-state index contributed by atoms with van der Waals surface area (Å²) >= 11 is 0. The molecule has 0 aromatic heterocycles. The zero-order chi connectivity index (χ0) is 22.4. The molecule has 7 nitrogen and oxygen atoms in total. The Balaban J connectivity index is 1.79. The summed E-state index contributed by atoms with van der Waals surface area (Å²) in [5.74, 6) is -1.20. The number of cyclic esters (lactones) is 1. The molecule has 1 saturated heterocycles. The molecule has 163 valence electrons. The lowest BCUT2D eigenvalue weighted by Crippen LogP contribution is -2.46. The SMILES string of the molecule is CC(C)(C)OC(=O)NC[C@@H](C(=O)N1C(=O)OC[C@H]1Cc1ccccc1)c1cc[c]cc1. The van der Waals surface area contributed by atoms with Crippen molar-refractivity contribution in [1.29, 1.82) is 0 Å². The predicted octanol–water partition coefficient (Wildman–Crippen LogP) is 3.69. The van der Waals surface area contributed by atoms with E-state index in [0.29, 0.717) is 12.0 Å². The molecule has 2 aromatic carbocycles. The average molecular weight is 423 g/mol. The van der Waals surface area contributed by atoms with Crippen LogP contribution in [0.3, 0.4) is 0 Å². The quantitative estimate of drug-likeness (QED) is 0.766. The summed E-state index contributed by atoms with van der Waals surface area (Å²) < 4.78 is 10.5. The van der Waals surface area contributed by atoms with Crippen molar-refractivity contribution in [2.24, 2.45) is 0 Å². The molecule has 1 N–H and O–H groups in total. The van der Waals surface area contributed by atoms with Crippen molar-refractivity contribution in [3.05, 3.63) is 71.8 Å². The molecular weight excluding hydrogens is 396 g/mol. The second kappa shape index (κ2) is 9.64. The summed E-state index contributed by atoms with van der Waals surface area (Å²) in [6.07, 6.45) is -0.805. The number of nitrogens with one attached hydrogen (secondary N) is 1. The predicted molar refractivity (Wildman–Crippen MR) is 114 cm³/mol. The third-order valence-electron chi connectivity index (χ3n) is 4.81. The topological polar surface area (TPSA) is 84.9 Å². The summed E-state index contributed by atoms with van der Waals surface area (Å²) in [6, 6.07) is 19.0. The van der Waals surface area contributed by atoms with E-state index in [0.717, 1.165) is 5.56 Å². The molecule has 3 rings (SSSR count). The number of carbonyl (C=O) groups excluding carboxylic acids is 3. The number of imide groups is 1. The second-order valence-electron chi connectivity index (χ2n) is 8.40. The Kier molecular flexibility index (Phi) is 6.95. The molecule has 0 saturated carbocycles. The molecule has 1 heterocycles. The number of carbonyl (C=O) groups is 3. The molecule has 1 aliphatic rings. The maximum absolute atomic E-state index is 13.5. The largest absolute Gasteiger partial charge is 0.447 e. The van der Waals surface area contributed by atoms with Gasteiger partial charge in [0.15, 0.2) is 0 Å². The Morgan fingerprint density at radius 3 is 2.52 bits per heavy atom. The van der Waals surface area contributed by atoms with Crippen LogP contribution >= 0.6 is 0 Å². The van der Waals surface area contributed by atoms with Crippen LogP contribution in [0.2, 0.25) is 0 Å². The first-order chi connectivity index (χ1) is 14.7. The Bertz CT molecular complexity index is 909. The zero-order valence-corrected chi connectivity index (χ0v) is 18.0. The van der Waals surface area contributed by atoms with E-state index in [2.05, 4.69) is 11.4 Å². The van der Waals surface area contributed by atoms with Crippen molar-refractivity contribution in [2.45, 2.75) is 44.8 Å². The van der Waals surface area contributed by atoms with E-state index >= 15 is 0 Å². The third-order valence-corrected chi connectivity index (χ3v) is 4.81. The Morgan fingerprint density at radius 2 is 1.87 bits per heavy atom. The Hall–Kier alpha value is -3.35. The van der Waals surface area contributed by atoms with Crippen LogP contribution in [0.5, 0.6) is 0 Å². The first-order valence-electron chi connectivity index (χ1n) is 10.2.